The molecule has 4 aliphatic rings. The first-order chi connectivity index (χ1) is 17.0. The van der Waals surface area contributed by atoms with Gasteiger partial charge in [0.25, 0.3) is 0 Å². The molecule has 10 atom stereocenters. The van der Waals surface area contributed by atoms with E-state index in [0.717, 1.165) is 43.4 Å². The maximum absolute atomic E-state index is 12.4. The van der Waals surface area contributed by atoms with Crippen molar-refractivity contribution in [2.45, 2.75) is 116 Å². The number of carboxylic acids is 2. The molecule has 4 fully saturated rings. The molecule has 204 valence electrons. The molecule has 36 heavy (non-hydrogen) atoms. The molecule has 0 amide bonds. The average Bonchev–Trinajstić information content (AvgIpc) is 3.18. The third-order valence-electron chi connectivity index (χ3n) is 11.4. The predicted octanol–water partition coefficient (Wildman–Crippen LogP) is 5.25. The summed E-state index contributed by atoms with van der Waals surface area (Å²) in [5, 5.41) is 18.0. The quantitative estimate of drug-likeness (QED) is 0.365. The maximum atomic E-state index is 12.4. The molecule has 4 rings (SSSR count). The van der Waals surface area contributed by atoms with E-state index >= 15 is 0 Å². The lowest BCUT2D eigenvalue weighted by Gasteiger charge is -2.61. The van der Waals surface area contributed by atoms with Crippen molar-refractivity contribution in [3.05, 3.63) is 0 Å². The Balaban J connectivity index is 1.37. The van der Waals surface area contributed by atoms with Crippen molar-refractivity contribution in [3.63, 3.8) is 0 Å². The number of hydrogen-bond acceptors (Lipinski definition) is 5. The Morgan fingerprint density at radius 3 is 2.22 bits per heavy atom. The molecule has 7 heteroatoms. The van der Waals surface area contributed by atoms with Gasteiger partial charge in [-0.25, -0.2) is 0 Å². The number of carboxylic acid groups (broad SMARTS) is 2. The first-order valence-electron chi connectivity index (χ1n) is 14.4. The predicted molar refractivity (Wildman–Crippen MR) is 136 cm³/mol. The van der Waals surface area contributed by atoms with E-state index in [1.807, 2.05) is 0 Å². The minimum Gasteiger partial charge on any atom is -0.481 e. The molecule has 0 heterocycles. The molecule has 4 saturated carbocycles. The fourth-order valence-electron chi connectivity index (χ4n) is 9.50. The molecule has 4 N–H and O–H groups in total. The standard InChI is InChI=1S/C29H47NO6/c1-17(4-10-25(31)32)21-7-8-22-20-6-5-18-16-19(36-27(35)24(30)9-11-26(33)34)12-14-28(18,2)23(20)13-15-29(21,22)3/h17-24H,4-16,30H2,1-3H3,(H,31,32)(H,33,34)/t17-,18-,19+,20+,21?,22+,23+,24-,28+,29-/m1/s1. The molecule has 0 bridgehead atoms. The largest absolute Gasteiger partial charge is 0.481 e. The van der Waals surface area contributed by atoms with Gasteiger partial charge in [-0.3, -0.25) is 14.4 Å². The second kappa shape index (κ2) is 10.6. The molecule has 7 nitrogen and oxygen atoms in total. The minimum absolute atomic E-state index is 0.109. The molecular formula is C29H47NO6. The van der Waals surface area contributed by atoms with Crippen molar-refractivity contribution < 1.29 is 29.3 Å². The van der Waals surface area contributed by atoms with Gasteiger partial charge in [-0.05, 0) is 117 Å². The Bertz CT molecular complexity index is 846. The highest BCUT2D eigenvalue weighted by atomic mass is 16.5. The van der Waals surface area contributed by atoms with Gasteiger partial charge >= 0.3 is 17.9 Å². The molecule has 0 radical (unpaired) electrons. The summed E-state index contributed by atoms with van der Waals surface area (Å²) in [4.78, 5) is 34.4. The zero-order valence-electron chi connectivity index (χ0n) is 22.4. The molecule has 1 unspecified atom stereocenters. The van der Waals surface area contributed by atoms with E-state index in [0.29, 0.717) is 23.2 Å². The number of hydrogen-bond donors (Lipinski definition) is 3. The second-order valence-corrected chi connectivity index (χ2v) is 13.2. The topological polar surface area (TPSA) is 127 Å². The van der Waals surface area contributed by atoms with Crippen LogP contribution in [0.4, 0.5) is 0 Å². The highest BCUT2D eigenvalue weighted by Crippen LogP contribution is 2.68. The number of ether oxygens (including phenoxy) is 1. The Morgan fingerprint density at radius 2 is 1.53 bits per heavy atom. The second-order valence-electron chi connectivity index (χ2n) is 13.2. The fraction of sp³-hybridized carbons (Fsp3) is 0.897. The van der Waals surface area contributed by atoms with E-state index in [-0.39, 0.29) is 30.8 Å². The summed E-state index contributed by atoms with van der Waals surface area (Å²) in [6, 6.07) is -0.866. The lowest BCUT2D eigenvalue weighted by Crippen LogP contribution is -2.54. The highest BCUT2D eigenvalue weighted by molar-refractivity contribution is 5.76. The van der Waals surface area contributed by atoms with Crippen LogP contribution in [0.25, 0.3) is 0 Å². The maximum Gasteiger partial charge on any atom is 0.323 e. The third kappa shape index (κ3) is 5.19. The Labute approximate surface area is 215 Å². The van der Waals surface area contributed by atoms with Crippen LogP contribution in [0.1, 0.15) is 104 Å². The summed E-state index contributed by atoms with van der Waals surface area (Å²) < 4.78 is 5.78. The van der Waals surface area contributed by atoms with Gasteiger partial charge in [0.15, 0.2) is 0 Å². The van der Waals surface area contributed by atoms with Crippen molar-refractivity contribution in [3.8, 4) is 0 Å². The zero-order chi connectivity index (χ0) is 26.3. The van der Waals surface area contributed by atoms with E-state index in [1.165, 1.54) is 38.5 Å². The molecular weight excluding hydrogens is 458 g/mol. The van der Waals surface area contributed by atoms with Crippen LogP contribution in [-0.4, -0.2) is 40.3 Å². The van der Waals surface area contributed by atoms with Gasteiger partial charge in [0.1, 0.15) is 12.1 Å². The van der Waals surface area contributed by atoms with E-state index in [9.17, 15) is 19.5 Å². The lowest BCUT2D eigenvalue weighted by molar-refractivity contribution is -0.164. The summed E-state index contributed by atoms with van der Waals surface area (Å²) >= 11 is 0. The summed E-state index contributed by atoms with van der Waals surface area (Å²) in [6.07, 6.45) is 11.3. The lowest BCUT2D eigenvalue weighted by atomic mass is 9.44. The average molecular weight is 506 g/mol. The summed E-state index contributed by atoms with van der Waals surface area (Å²) in [7, 11) is 0. The van der Waals surface area contributed by atoms with Crippen LogP contribution in [0.3, 0.4) is 0 Å². The normalized spacial score (nSPS) is 41.3. The van der Waals surface area contributed by atoms with Crippen molar-refractivity contribution >= 4 is 17.9 Å². The van der Waals surface area contributed by atoms with Crippen molar-refractivity contribution in [2.24, 2.45) is 52.1 Å². The highest BCUT2D eigenvalue weighted by Gasteiger charge is 2.60. The van der Waals surface area contributed by atoms with Gasteiger partial charge in [0, 0.05) is 12.8 Å². The van der Waals surface area contributed by atoms with Crippen LogP contribution in [0.5, 0.6) is 0 Å². The Hall–Kier alpha value is -1.63. The van der Waals surface area contributed by atoms with E-state index < -0.39 is 23.9 Å². The smallest absolute Gasteiger partial charge is 0.323 e. The molecule has 4 aliphatic carbocycles. The molecule has 0 aromatic heterocycles. The number of carbonyl (C=O) groups excluding carboxylic acids is 1. The van der Waals surface area contributed by atoms with Crippen LogP contribution in [-0.2, 0) is 19.1 Å². The van der Waals surface area contributed by atoms with Crippen LogP contribution >= 0.6 is 0 Å². The van der Waals surface area contributed by atoms with Gasteiger partial charge in [0.05, 0.1) is 0 Å². The van der Waals surface area contributed by atoms with Crippen LogP contribution in [0.15, 0.2) is 0 Å². The van der Waals surface area contributed by atoms with Gasteiger partial charge < -0.3 is 20.7 Å². The number of nitrogens with two attached hydrogens (primary N) is 1. The molecule has 0 aromatic rings. The molecule has 0 spiro atoms. The van der Waals surface area contributed by atoms with E-state index in [4.69, 9.17) is 15.6 Å². The Morgan fingerprint density at radius 1 is 0.889 bits per heavy atom. The number of rotatable bonds is 9. The first-order valence-corrected chi connectivity index (χ1v) is 14.4. The third-order valence-corrected chi connectivity index (χ3v) is 11.4. The van der Waals surface area contributed by atoms with Gasteiger partial charge in [-0.1, -0.05) is 20.8 Å². The zero-order valence-corrected chi connectivity index (χ0v) is 22.4. The summed E-state index contributed by atoms with van der Waals surface area (Å²) in [5.74, 6) is 1.78. The fourth-order valence-corrected chi connectivity index (χ4v) is 9.50. The first kappa shape index (κ1) is 27.4. The van der Waals surface area contributed by atoms with E-state index in [2.05, 4.69) is 20.8 Å². The van der Waals surface area contributed by atoms with Crippen LogP contribution < -0.4 is 5.73 Å². The van der Waals surface area contributed by atoms with E-state index in [1.54, 1.807) is 0 Å². The number of carbonyl (C=O) groups is 3. The summed E-state index contributed by atoms with van der Waals surface area (Å²) in [6.45, 7) is 7.29. The van der Waals surface area contributed by atoms with Crippen molar-refractivity contribution in [2.75, 3.05) is 0 Å². The minimum atomic E-state index is -0.949. The van der Waals surface area contributed by atoms with Gasteiger partial charge in [-0.15, -0.1) is 0 Å². The number of fused-ring (bicyclic) bond motifs is 5. The monoisotopic (exact) mass is 505 g/mol. The van der Waals surface area contributed by atoms with Crippen molar-refractivity contribution in [1.82, 2.24) is 0 Å². The van der Waals surface area contributed by atoms with Crippen LogP contribution in [0.2, 0.25) is 0 Å². The Kier molecular flexibility index (Phi) is 8.09. The molecule has 0 aliphatic heterocycles. The van der Waals surface area contributed by atoms with Gasteiger partial charge in [0.2, 0.25) is 0 Å². The van der Waals surface area contributed by atoms with Gasteiger partial charge in [-0.2, -0.15) is 0 Å². The molecule has 0 saturated heterocycles. The summed E-state index contributed by atoms with van der Waals surface area (Å²) in [5.41, 5.74) is 6.51. The number of esters is 1. The number of aliphatic carboxylic acids is 2. The SMILES string of the molecule is C[C@H](CCC(=O)O)C1CC[C@H]2[C@@H]3CC[C@@H]4C[C@@H](OC(=O)[C@H](N)CCC(=O)O)CC[C@]4(C)[C@H]3CC[C@]12C. The molecule has 0 aromatic carbocycles. The van der Waals surface area contributed by atoms with Crippen LogP contribution in [0, 0.1) is 46.3 Å². The van der Waals surface area contributed by atoms with Crippen molar-refractivity contribution in [1.29, 1.82) is 0 Å².